The van der Waals surface area contributed by atoms with E-state index in [0.717, 1.165) is 17.0 Å². The average molecular weight is 302 g/mol. The maximum atomic E-state index is 12.1. The molecule has 1 aliphatic rings. The highest BCUT2D eigenvalue weighted by atomic mass is 32.1. The summed E-state index contributed by atoms with van der Waals surface area (Å²) in [5, 5.41) is 9.34. The molecule has 2 aromatic rings. The summed E-state index contributed by atoms with van der Waals surface area (Å²) >= 11 is 1.30. The van der Waals surface area contributed by atoms with Gasteiger partial charge in [-0.25, -0.2) is 0 Å². The Labute approximate surface area is 125 Å². The van der Waals surface area contributed by atoms with Crippen LogP contribution in [0.3, 0.4) is 0 Å². The topological polar surface area (TPSA) is 83.1 Å². The lowest BCUT2D eigenvalue weighted by molar-refractivity contribution is 0.0952. The van der Waals surface area contributed by atoms with Gasteiger partial charge in [0.1, 0.15) is 5.00 Å². The molecule has 0 aliphatic carbocycles. The number of anilines is 1. The van der Waals surface area contributed by atoms with Crippen LogP contribution < -0.4 is 16.0 Å². The van der Waals surface area contributed by atoms with Gasteiger partial charge in [0, 0.05) is 18.9 Å². The van der Waals surface area contributed by atoms with E-state index in [1.807, 2.05) is 12.1 Å². The molecule has 2 aromatic heterocycles. The van der Waals surface area contributed by atoms with Crippen molar-refractivity contribution in [2.45, 2.75) is 6.42 Å². The number of thiophene rings is 1. The number of rotatable bonds is 4. The van der Waals surface area contributed by atoms with E-state index < -0.39 is 0 Å². The van der Waals surface area contributed by atoms with Crippen molar-refractivity contribution < 1.29 is 9.59 Å². The molecule has 2 amide bonds. The zero-order valence-corrected chi connectivity index (χ0v) is 12.0. The van der Waals surface area contributed by atoms with Gasteiger partial charge in [-0.05, 0) is 30.2 Å². The number of hydrogen-bond donors (Lipinski definition) is 3. The number of hydrogen-bond acceptors (Lipinski definition) is 5. The fraction of sp³-hybridized carbons (Fsp3) is 0.214. The number of aromatic nitrogens is 1. The molecule has 1 aliphatic heterocycles. The second-order valence-corrected chi connectivity index (χ2v) is 5.63. The van der Waals surface area contributed by atoms with Crippen LogP contribution in [0, 0.1) is 0 Å². The standard InChI is InChI=1S/C14H14N4O2S/c19-12-10-7-11(21-14(10)18-8-17-12)13(20)16-6-3-9-1-4-15-5-2-9/h1-2,4-5,7,18H,3,6,8H2,(H,16,20)(H,17,19). The average Bonchev–Trinajstić information content (AvgIpc) is 2.94. The summed E-state index contributed by atoms with van der Waals surface area (Å²) in [6, 6.07) is 5.47. The maximum absolute atomic E-state index is 12.1. The molecule has 0 radical (unpaired) electrons. The smallest absolute Gasteiger partial charge is 0.261 e. The molecular formula is C14H14N4O2S. The second kappa shape index (κ2) is 5.92. The van der Waals surface area contributed by atoms with Gasteiger partial charge in [0.05, 0.1) is 17.1 Å². The van der Waals surface area contributed by atoms with E-state index in [4.69, 9.17) is 0 Å². The van der Waals surface area contributed by atoms with Gasteiger partial charge >= 0.3 is 0 Å². The summed E-state index contributed by atoms with van der Waals surface area (Å²) < 4.78 is 0. The van der Waals surface area contributed by atoms with Gasteiger partial charge in [-0.1, -0.05) is 0 Å². The van der Waals surface area contributed by atoms with Crippen molar-refractivity contribution in [3.8, 4) is 0 Å². The van der Waals surface area contributed by atoms with E-state index in [2.05, 4.69) is 20.9 Å². The van der Waals surface area contributed by atoms with Crippen LogP contribution >= 0.6 is 11.3 Å². The first-order valence-corrected chi connectivity index (χ1v) is 7.38. The van der Waals surface area contributed by atoms with Crippen LogP contribution in [0.4, 0.5) is 5.00 Å². The Balaban J connectivity index is 1.60. The van der Waals surface area contributed by atoms with Crippen LogP contribution in [0.2, 0.25) is 0 Å². The molecule has 3 heterocycles. The van der Waals surface area contributed by atoms with Gasteiger partial charge in [-0.3, -0.25) is 14.6 Å². The third-order valence-corrected chi connectivity index (χ3v) is 4.24. The fourth-order valence-corrected chi connectivity index (χ4v) is 3.03. The molecule has 0 fully saturated rings. The third-order valence-electron chi connectivity index (χ3n) is 3.15. The van der Waals surface area contributed by atoms with Crippen molar-refractivity contribution in [2.24, 2.45) is 0 Å². The quantitative estimate of drug-likeness (QED) is 0.793. The number of nitrogens with zero attached hydrogens (tertiary/aromatic N) is 1. The minimum absolute atomic E-state index is 0.143. The summed E-state index contributed by atoms with van der Waals surface area (Å²) in [5.41, 5.74) is 1.65. The van der Waals surface area contributed by atoms with E-state index in [1.165, 1.54) is 11.3 Å². The number of pyridine rings is 1. The van der Waals surface area contributed by atoms with Crippen LogP contribution in [0.5, 0.6) is 0 Å². The molecule has 0 bridgehead atoms. The predicted molar refractivity (Wildman–Crippen MR) is 80.5 cm³/mol. The number of carbonyl (C=O) groups is 2. The number of nitrogens with one attached hydrogen (secondary N) is 3. The van der Waals surface area contributed by atoms with Crippen molar-refractivity contribution in [3.05, 3.63) is 46.6 Å². The van der Waals surface area contributed by atoms with Crippen molar-refractivity contribution >= 4 is 28.2 Å². The molecule has 0 saturated carbocycles. The van der Waals surface area contributed by atoms with Gasteiger partial charge in [-0.15, -0.1) is 11.3 Å². The molecule has 0 saturated heterocycles. The van der Waals surface area contributed by atoms with Crippen LogP contribution in [0.15, 0.2) is 30.6 Å². The predicted octanol–water partition coefficient (Wildman–Crippen LogP) is 1.23. The number of fused-ring (bicyclic) bond motifs is 1. The first-order valence-electron chi connectivity index (χ1n) is 6.57. The largest absolute Gasteiger partial charge is 0.359 e. The fourth-order valence-electron chi connectivity index (χ4n) is 2.06. The Kier molecular flexibility index (Phi) is 3.83. The molecule has 0 atom stereocenters. The summed E-state index contributed by atoms with van der Waals surface area (Å²) in [4.78, 5) is 28.2. The Bertz CT molecular complexity index is 669. The molecule has 0 spiro atoms. The summed E-state index contributed by atoms with van der Waals surface area (Å²) in [7, 11) is 0. The minimum Gasteiger partial charge on any atom is -0.359 e. The van der Waals surface area contributed by atoms with Crippen molar-refractivity contribution in [1.82, 2.24) is 15.6 Å². The van der Waals surface area contributed by atoms with Crippen LogP contribution in [-0.4, -0.2) is 30.0 Å². The monoisotopic (exact) mass is 302 g/mol. The normalized spacial score (nSPS) is 13.0. The number of carbonyl (C=O) groups excluding carboxylic acids is 2. The third kappa shape index (κ3) is 3.03. The molecule has 3 rings (SSSR count). The maximum Gasteiger partial charge on any atom is 0.261 e. The second-order valence-electron chi connectivity index (χ2n) is 4.57. The Morgan fingerprint density at radius 2 is 2.14 bits per heavy atom. The van der Waals surface area contributed by atoms with Crippen molar-refractivity contribution in [3.63, 3.8) is 0 Å². The molecule has 108 valence electrons. The lowest BCUT2D eigenvalue weighted by Gasteiger charge is -2.13. The van der Waals surface area contributed by atoms with E-state index in [0.29, 0.717) is 23.7 Å². The summed E-state index contributed by atoms with van der Waals surface area (Å²) in [5.74, 6) is -0.297. The van der Waals surface area contributed by atoms with Crippen molar-refractivity contribution in [1.29, 1.82) is 0 Å². The van der Waals surface area contributed by atoms with Gasteiger partial charge in [-0.2, -0.15) is 0 Å². The van der Waals surface area contributed by atoms with Crippen molar-refractivity contribution in [2.75, 3.05) is 18.5 Å². The first kappa shape index (κ1) is 13.6. The van der Waals surface area contributed by atoms with Gasteiger partial charge in [0.25, 0.3) is 11.8 Å². The molecule has 21 heavy (non-hydrogen) atoms. The molecule has 6 nitrogen and oxygen atoms in total. The Hall–Kier alpha value is -2.41. The molecule has 3 N–H and O–H groups in total. The van der Waals surface area contributed by atoms with E-state index in [-0.39, 0.29) is 11.8 Å². The molecular weight excluding hydrogens is 288 g/mol. The molecule has 7 heteroatoms. The van der Waals surface area contributed by atoms with Gasteiger partial charge in [0.2, 0.25) is 0 Å². The van der Waals surface area contributed by atoms with Gasteiger partial charge in [0.15, 0.2) is 0 Å². The zero-order valence-electron chi connectivity index (χ0n) is 11.2. The van der Waals surface area contributed by atoms with E-state index in [1.54, 1.807) is 18.5 Å². The lowest BCUT2D eigenvalue weighted by atomic mass is 10.2. The van der Waals surface area contributed by atoms with Crippen LogP contribution in [0.25, 0.3) is 0 Å². The summed E-state index contributed by atoms with van der Waals surface area (Å²) in [6.07, 6.45) is 4.21. The highest BCUT2D eigenvalue weighted by Crippen LogP contribution is 2.29. The molecule has 0 unspecified atom stereocenters. The van der Waals surface area contributed by atoms with E-state index in [9.17, 15) is 9.59 Å². The Morgan fingerprint density at radius 1 is 1.33 bits per heavy atom. The SMILES string of the molecule is O=C(NCCc1ccncc1)c1cc2c(s1)NCNC2=O. The highest BCUT2D eigenvalue weighted by Gasteiger charge is 2.22. The number of amides is 2. The molecule has 0 aromatic carbocycles. The van der Waals surface area contributed by atoms with E-state index >= 15 is 0 Å². The van der Waals surface area contributed by atoms with Gasteiger partial charge < -0.3 is 16.0 Å². The first-order chi connectivity index (χ1) is 10.2. The summed E-state index contributed by atoms with van der Waals surface area (Å²) in [6.45, 7) is 0.945. The lowest BCUT2D eigenvalue weighted by Crippen LogP contribution is -2.33. The van der Waals surface area contributed by atoms with Crippen LogP contribution in [0.1, 0.15) is 25.6 Å². The van der Waals surface area contributed by atoms with Crippen LogP contribution in [-0.2, 0) is 6.42 Å². The highest BCUT2D eigenvalue weighted by molar-refractivity contribution is 7.18. The zero-order chi connectivity index (χ0) is 14.7. The minimum atomic E-state index is -0.155. The Morgan fingerprint density at radius 3 is 2.90 bits per heavy atom.